The molecular weight excluding hydrogens is 348 g/mol. The van der Waals surface area contributed by atoms with E-state index in [0.29, 0.717) is 0 Å². The van der Waals surface area contributed by atoms with Crippen molar-refractivity contribution in [2.24, 2.45) is 5.73 Å². The number of sulfonamides is 1. The predicted molar refractivity (Wildman–Crippen MR) is 68.0 cm³/mol. The fraction of sp³-hybridized carbons (Fsp3) is 0.250. The zero-order valence-electron chi connectivity index (χ0n) is 9.01. The monoisotopic (exact) mass is 356 g/mol. The number of amides is 1. The summed E-state index contributed by atoms with van der Waals surface area (Å²) in [5.41, 5.74) is 4.94. The highest BCUT2D eigenvalue weighted by Crippen LogP contribution is 2.31. The van der Waals surface area contributed by atoms with Crippen molar-refractivity contribution < 1.29 is 23.1 Å². The van der Waals surface area contributed by atoms with Crippen LogP contribution in [0.4, 0.5) is 0 Å². The number of hydrogen-bond donors (Lipinski definition) is 3. The van der Waals surface area contributed by atoms with Gasteiger partial charge in [-0.05, 0) is 28.9 Å². The number of carboxylic acids is 1. The third-order valence-electron chi connectivity index (χ3n) is 1.91. The van der Waals surface area contributed by atoms with E-state index in [1.807, 2.05) is 4.72 Å². The molecule has 0 spiro atoms. The van der Waals surface area contributed by atoms with Crippen LogP contribution in [0.2, 0.25) is 0 Å². The molecule has 1 amide bonds. The lowest BCUT2D eigenvalue weighted by molar-refractivity contribution is -0.119. The van der Waals surface area contributed by atoms with Gasteiger partial charge >= 0.3 is 5.97 Å². The maximum atomic E-state index is 11.9. The molecule has 10 heteroatoms. The van der Waals surface area contributed by atoms with Crippen LogP contribution in [-0.2, 0) is 14.8 Å². The summed E-state index contributed by atoms with van der Waals surface area (Å²) < 4.78 is 25.9. The van der Waals surface area contributed by atoms with E-state index in [2.05, 4.69) is 15.9 Å². The number of hydrogen-bond acceptors (Lipinski definition) is 5. The summed E-state index contributed by atoms with van der Waals surface area (Å²) in [4.78, 5) is 21.2. The molecule has 1 heterocycles. The second kappa shape index (κ2) is 5.34. The van der Waals surface area contributed by atoms with Crippen molar-refractivity contribution in [1.82, 2.24) is 4.72 Å². The van der Waals surface area contributed by atoms with Crippen LogP contribution in [0.15, 0.2) is 14.7 Å². The van der Waals surface area contributed by atoms with Gasteiger partial charge in [0.05, 0.1) is 9.83 Å². The minimum Gasteiger partial charge on any atom is -0.477 e. The average Bonchev–Trinajstić information content (AvgIpc) is 2.60. The van der Waals surface area contributed by atoms with Gasteiger partial charge in [-0.1, -0.05) is 0 Å². The Hall–Kier alpha value is -0.970. The van der Waals surface area contributed by atoms with Gasteiger partial charge in [-0.25, -0.2) is 13.2 Å². The molecule has 0 aliphatic rings. The molecule has 0 fully saturated rings. The van der Waals surface area contributed by atoms with Gasteiger partial charge < -0.3 is 10.8 Å². The predicted octanol–water partition coefficient (Wildman–Crippen LogP) is 0.361. The molecule has 1 atom stereocenters. The Morgan fingerprint density at radius 1 is 1.56 bits per heavy atom. The van der Waals surface area contributed by atoms with Crippen molar-refractivity contribution in [3.05, 3.63) is 14.7 Å². The molecule has 0 saturated carbocycles. The summed E-state index contributed by atoms with van der Waals surface area (Å²) in [5, 5.41) is 8.76. The lowest BCUT2D eigenvalue weighted by atomic mass is 10.4. The number of carboxylic acid groups (broad SMARTS) is 1. The first-order chi connectivity index (χ1) is 8.15. The number of rotatable bonds is 5. The summed E-state index contributed by atoms with van der Waals surface area (Å²) in [6.07, 6.45) is 0. The SMILES string of the molecule is CC(NS(=O)(=O)c1cc(C(=O)O)sc1Br)C(N)=O. The standard InChI is InChI=1S/C8H9BrN2O5S2/c1-3(7(10)12)11-18(15,16)5-2-4(8(13)14)17-6(5)9/h2-3,11H,1H3,(H2,10,12)(H,13,14). The van der Waals surface area contributed by atoms with Gasteiger partial charge in [-0.2, -0.15) is 4.72 Å². The summed E-state index contributed by atoms with van der Waals surface area (Å²) >= 11 is 3.73. The normalized spacial score (nSPS) is 13.2. The van der Waals surface area contributed by atoms with Gasteiger partial charge in [0.1, 0.15) is 9.77 Å². The molecule has 0 saturated heterocycles. The van der Waals surface area contributed by atoms with E-state index in [1.165, 1.54) is 6.92 Å². The Kier molecular flexibility index (Phi) is 4.48. The maximum absolute atomic E-state index is 11.9. The number of aromatic carboxylic acids is 1. The number of nitrogens with two attached hydrogens (primary N) is 1. The van der Waals surface area contributed by atoms with Gasteiger partial charge in [-0.15, -0.1) is 11.3 Å². The highest BCUT2D eigenvalue weighted by atomic mass is 79.9. The second-order valence-electron chi connectivity index (χ2n) is 3.30. The van der Waals surface area contributed by atoms with Crippen LogP contribution >= 0.6 is 27.3 Å². The lowest BCUT2D eigenvalue weighted by Gasteiger charge is -2.09. The van der Waals surface area contributed by atoms with Crippen LogP contribution in [-0.4, -0.2) is 31.4 Å². The maximum Gasteiger partial charge on any atom is 0.345 e. The van der Waals surface area contributed by atoms with Crippen molar-refractivity contribution in [2.45, 2.75) is 17.9 Å². The van der Waals surface area contributed by atoms with Crippen LogP contribution in [0, 0.1) is 0 Å². The Morgan fingerprint density at radius 2 is 2.11 bits per heavy atom. The first kappa shape index (κ1) is 15.1. The molecule has 7 nitrogen and oxygen atoms in total. The van der Waals surface area contributed by atoms with Crippen LogP contribution in [0.1, 0.15) is 16.6 Å². The first-order valence-electron chi connectivity index (χ1n) is 4.49. The first-order valence-corrected chi connectivity index (χ1v) is 7.58. The van der Waals surface area contributed by atoms with Gasteiger partial charge in [0.2, 0.25) is 15.9 Å². The van der Waals surface area contributed by atoms with Gasteiger partial charge in [0.25, 0.3) is 0 Å². The molecule has 1 aromatic heterocycles. The fourth-order valence-electron chi connectivity index (χ4n) is 0.995. The highest BCUT2D eigenvalue weighted by molar-refractivity contribution is 9.11. The third kappa shape index (κ3) is 3.28. The number of carbonyl (C=O) groups excluding carboxylic acids is 1. The Balaban J connectivity index is 3.13. The summed E-state index contributed by atoms with van der Waals surface area (Å²) in [5.74, 6) is -2.06. The number of primary amides is 1. The van der Waals surface area contributed by atoms with Crippen molar-refractivity contribution in [3.8, 4) is 0 Å². The molecule has 0 aliphatic heterocycles. The molecule has 1 aromatic rings. The van der Waals surface area contributed by atoms with Gasteiger partial charge in [0.15, 0.2) is 0 Å². The van der Waals surface area contributed by atoms with Crippen molar-refractivity contribution in [2.75, 3.05) is 0 Å². The Labute approximate surface area is 115 Å². The van der Waals surface area contributed by atoms with Crippen LogP contribution < -0.4 is 10.5 Å². The zero-order valence-corrected chi connectivity index (χ0v) is 12.2. The molecule has 4 N–H and O–H groups in total. The van der Waals surface area contributed by atoms with Crippen LogP contribution in [0.3, 0.4) is 0 Å². The van der Waals surface area contributed by atoms with E-state index in [1.54, 1.807) is 0 Å². The number of halogens is 1. The number of thiophene rings is 1. The van der Waals surface area contributed by atoms with E-state index < -0.39 is 27.9 Å². The lowest BCUT2D eigenvalue weighted by Crippen LogP contribution is -2.42. The van der Waals surface area contributed by atoms with E-state index >= 15 is 0 Å². The Morgan fingerprint density at radius 3 is 2.50 bits per heavy atom. The van der Waals surface area contributed by atoms with Crippen LogP contribution in [0.25, 0.3) is 0 Å². The number of nitrogens with one attached hydrogen (secondary N) is 1. The smallest absolute Gasteiger partial charge is 0.345 e. The Bertz CT molecular complexity index is 595. The topological polar surface area (TPSA) is 127 Å². The van der Waals surface area contributed by atoms with Crippen molar-refractivity contribution >= 4 is 49.2 Å². The minimum absolute atomic E-state index is 0.131. The molecule has 0 bridgehead atoms. The highest BCUT2D eigenvalue weighted by Gasteiger charge is 2.26. The third-order valence-corrected chi connectivity index (χ3v) is 5.70. The molecule has 1 unspecified atom stereocenters. The molecular formula is C8H9BrN2O5S2. The van der Waals surface area contributed by atoms with Crippen molar-refractivity contribution in [3.63, 3.8) is 0 Å². The van der Waals surface area contributed by atoms with E-state index in [9.17, 15) is 18.0 Å². The largest absolute Gasteiger partial charge is 0.477 e. The molecule has 18 heavy (non-hydrogen) atoms. The fourth-order valence-corrected chi connectivity index (χ4v) is 4.61. The molecule has 0 aliphatic carbocycles. The van der Waals surface area contributed by atoms with E-state index in [-0.39, 0.29) is 13.6 Å². The summed E-state index contributed by atoms with van der Waals surface area (Å²) in [6.45, 7) is 1.29. The molecule has 0 radical (unpaired) electrons. The van der Waals surface area contributed by atoms with E-state index in [0.717, 1.165) is 17.4 Å². The van der Waals surface area contributed by atoms with Crippen molar-refractivity contribution in [1.29, 1.82) is 0 Å². The molecule has 0 aromatic carbocycles. The molecule has 1 rings (SSSR count). The quantitative estimate of drug-likeness (QED) is 0.701. The average molecular weight is 357 g/mol. The zero-order chi connectivity index (χ0) is 14.1. The number of carbonyl (C=O) groups is 2. The van der Waals surface area contributed by atoms with Gasteiger partial charge in [0, 0.05) is 0 Å². The summed E-state index contributed by atoms with van der Waals surface area (Å²) in [7, 11) is -4.00. The second-order valence-corrected chi connectivity index (χ2v) is 7.35. The molecule has 100 valence electrons. The van der Waals surface area contributed by atoms with Crippen LogP contribution in [0.5, 0.6) is 0 Å². The minimum atomic E-state index is -4.00. The van der Waals surface area contributed by atoms with E-state index in [4.69, 9.17) is 10.8 Å². The summed E-state index contributed by atoms with van der Waals surface area (Å²) in [6, 6.07) is -0.0808. The van der Waals surface area contributed by atoms with Gasteiger partial charge in [-0.3, -0.25) is 4.79 Å².